The first-order chi connectivity index (χ1) is 8.80. The molecule has 0 aliphatic carbocycles. The van der Waals surface area contributed by atoms with E-state index in [1.54, 1.807) is 7.11 Å². The highest BCUT2D eigenvalue weighted by atomic mass is 16.5. The first-order valence-corrected chi connectivity index (χ1v) is 6.07. The maximum absolute atomic E-state index is 5.02. The van der Waals surface area contributed by atoms with Gasteiger partial charge in [-0.3, -0.25) is 0 Å². The van der Waals surface area contributed by atoms with E-state index in [0.717, 1.165) is 32.5 Å². The lowest BCUT2D eigenvalue weighted by Crippen LogP contribution is -2.11. The summed E-state index contributed by atoms with van der Waals surface area (Å²) in [6.07, 6.45) is 2.00. The number of aromatic nitrogens is 3. The normalized spacial score (nSPS) is 10.2. The van der Waals surface area contributed by atoms with Gasteiger partial charge in [-0.05, 0) is 19.8 Å². The van der Waals surface area contributed by atoms with Gasteiger partial charge in [-0.15, -0.1) is 0 Å². The Labute approximate surface area is 107 Å². The molecule has 0 fully saturated rings. The number of anilines is 2. The molecule has 102 valence electrons. The van der Waals surface area contributed by atoms with Crippen LogP contribution < -0.4 is 15.4 Å². The third-order valence-electron chi connectivity index (χ3n) is 2.19. The van der Waals surface area contributed by atoms with Crippen LogP contribution >= 0.6 is 0 Å². The maximum atomic E-state index is 5.02. The lowest BCUT2D eigenvalue weighted by atomic mass is 10.3. The molecule has 0 amide bonds. The second-order valence-corrected chi connectivity index (χ2v) is 3.63. The minimum Gasteiger partial charge on any atom is -0.467 e. The Bertz CT molecular complexity index is 348. The number of hydrogen-bond donors (Lipinski definition) is 2. The quantitative estimate of drug-likeness (QED) is 0.640. The zero-order chi connectivity index (χ0) is 13.2. The number of methoxy groups -OCH3 is 2. The molecule has 18 heavy (non-hydrogen) atoms. The summed E-state index contributed by atoms with van der Waals surface area (Å²) >= 11 is 0. The predicted octanol–water partition coefficient (Wildman–Crippen LogP) is 1.15. The van der Waals surface area contributed by atoms with Gasteiger partial charge in [-0.25, -0.2) is 0 Å². The third kappa shape index (κ3) is 5.13. The molecule has 0 aromatic carbocycles. The second-order valence-electron chi connectivity index (χ2n) is 3.63. The van der Waals surface area contributed by atoms with Crippen molar-refractivity contribution in [1.29, 1.82) is 0 Å². The molecule has 1 rings (SSSR count). The number of rotatable bonds is 9. The molecule has 0 aliphatic heterocycles. The van der Waals surface area contributed by atoms with Crippen molar-refractivity contribution < 1.29 is 9.47 Å². The van der Waals surface area contributed by atoms with Gasteiger partial charge < -0.3 is 20.1 Å². The van der Waals surface area contributed by atoms with Crippen molar-refractivity contribution in [3.63, 3.8) is 0 Å². The zero-order valence-corrected chi connectivity index (χ0v) is 11.2. The lowest BCUT2D eigenvalue weighted by molar-refractivity contribution is 0.193. The molecule has 0 spiro atoms. The number of hydrogen-bond acceptors (Lipinski definition) is 7. The molecule has 7 heteroatoms. The monoisotopic (exact) mass is 255 g/mol. The van der Waals surface area contributed by atoms with Gasteiger partial charge >= 0.3 is 6.01 Å². The Balaban J connectivity index is 2.50. The summed E-state index contributed by atoms with van der Waals surface area (Å²) < 4.78 is 10.0. The van der Waals surface area contributed by atoms with Crippen LogP contribution in [0.3, 0.4) is 0 Å². The minimum atomic E-state index is 0.306. The highest BCUT2D eigenvalue weighted by Gasteiger charge is 2.05. The van der Waals surface area contributed by atoms with Crippen LogP contribution in [-0.4, -0.2) is 48.9 Å². The van der Waals surface area contributed by atoms with E-state index in [2.05, 4.69) is 25.6 Å². The summed E-state index contributed by atoms with van der Waals surface area (Å²) in [5.74, 6) is 1.04. The molecular weight excluding hydrogens is 234 g/mol. The number of nitrogens with one attached hydrogen (secondary N) is 2. The highest BCUT2D eigenvalue weighted by molar-refractivity contribution is 5.35. The van der Waals surface area contributed by atoms with Crippen molar-refractivity contribution in [1.82, 2.24) is 15.0 Å². The van der Waals surface area contributed by atoms with E-state index in [0.29, 0.717) is 17.9 Å². The van der Waals surface area contributed by atoms with E-state index in [1.165, 1.54) is 7.11 Å². The summed E-state index contributed by atoms with van der Waals surface area (Å²) in [6, 6.07) is 0.306. The lowest BCUT2D eigenvalue weighted by Gasteiger charge is -2.08. The first kappa shape index (κ1) is 14.4. The van der Waals surface area contributed by atoms with Crippen LogP contribution in [0.2, 0.25) is 0 Å². The van der Waals surface area contributed by atoms with Crippen molar-refractivity contribution in [3.8, 4) is 6.01 Å². The molecule has 0 bridgehead atoms. The molecule has 0 saturated carbocycles. The van der Waals surface area contributed by atoms with E-state index in [9.17, 15) is 0 Å². The van der Waals surface area contributed by atoms with Gasteiger partial charge in [0.15, 0.2) is 0 Å². The van der Waals surface area contributed by atoms with Crippen molar-refractivity contribution in [2.75, 3.05) is 44.5 Å². The Morgan fingerprint density at radius 1 is 1.00 bits per heavy atom. The number of ether oxygens (including phenoxy) is 2. The molecular formula is C11H21N5O2. The van der Waals surface area contributed by atoms with E-state index in [1.807, 2.05) is 6.92 Å². The fourth-order valence-electron chi connectivity index (χ4n) is 1.34. The van der Waals surface area contributed by atoms with Crippen LogP contribution in [0, 0.1) is 0 Å². The van der Waals surface area contributed by atoms with Gasteiger partial charge in [0.2, 0.25) is 11.9 Å². The molecule has 0 atom stereocenters. The van der Waals surface area contributed by atoms with Crippen LogP contribution in [-0.2, 0) is 4.74 Å². The van der Waals surface area contributed by atoms with Gasteiger partial charge in [0.1, 0.15) is 0 Å². The Hall–Kier alpha value is -1.63. The average Bonchev–Trinajstić information content (AvgIpc) is 2.38. The SMILES string of the molecule is CCNc1nc(NCCCCOC)nc(OC)n1. The number of nitrogens with zero attached hydrogens (tertiary/aromatic N) is 3. The summed E-state index contributed by atoms with van der Waals surface area (Å²) in [5, 5.41) is 6.17. The van der Waals surface area contributed by atoms with Crippen LogP contribution in [0.1, 0.15) is 19.8 Å². The van der Waals surface area contributed by atoms with Gasteiger partial charge in [0, 0.05) is 26.8 Å². The van der Waals surface area contributed by atoms with E-state index >= 15 is 0 Å². The van der Waals surface area contributed by atoms with Crippen molar-refractivity contribution in [2.24, 2.45) is 0 Å². The van der Waals surface area contributed by atoms with Crippen LogP contribution in [0.4, 0.5) is 11.9 Å². The van der Waals surface area contributed by atoms with E-state index < -0.39 is 0 Å². The molecule has 2 N–H and O–H groups in total. The van der Waals surface area contributed by atoms with Crippen LogP contribution in [0.5, 0.6) is 6.01 Å². The molecule has 1 aromatic heterocycles. The third-order valence-corrected chi connectivity index (χ3v) is 2.19. The summed E-state index contributed by atoms with van der Waals surface area (Å²) in [7, 11) is 3.24. The number of unbranched alkanes of at least 4 members (excludes halogenated alkanes) is 1. The average molecular weight is 255 g/mol. The van der Waals surface area contributed by atoms with Crippen LogP contribution in [0.15, 0.2) is 0 Å². The van der Waals surface area contributed by atoms with E-state index in [4.69, 9.17) is 9.47 Å². The second kappa shape index (κ2) is 8.46. The zero-order valence-electron chi connectivity index (χ0n) is 11.2. The molecule has 1 heterocycles. The smallest absolute Gasteiger partial charge is 0.322 e. The summed E-state index contributed by atoms with van der Waals surface area (Å²) in [6.45, 7) is 4.29. The van der Waals surface area contributed by atoms with Crippen LogP contribution in [0.25, 0.3) is 0 Å². The van der Waals surface area contributed by atoms with Gasteiger partial charge in [0.05, 0.1) is 7.11 Å². The molecule has 0 radical (unpaired) electrons. The first-order valence-electron chi connectivity index (χ1n) is 6.07. The van der Waals surface area contributed by atoms with E-state index in [-0.39, 0.29) is 0 Å². The van der Waals surface area contributed by atoms with Crippen molar-refractivity contribution >= 4 is 11.9 Å². The largest absolute Gasteiger partial charge is 0.467 e. The predicted molar refractivity (Wildman–Crippen MR) is 70.1 cm³/mol. The van der Waals surface area contributed by atoms with Crippen molar-refractivity contribution in [2.45, 2.75) is 19.8 Å². The summed E-state index contributed by atoms with van der Waals surface area (Å²) in [4.78, 5) is 12.4. The van der Waals surface area contributed by atoms with Gasteiger partial charge in [0.25, 0.3) is 0 Å². The van der Waals surface area contributed by atoms with Crippen molar-refractivity contribution in [3.05, 3.63) is 0 Å². The molecule has 0 unspecified atom stereocenters. The fraction of sp³-hybridized carbons (Fsp3) is 0.727. The Morgan fingerprint density at radius 2 is 1.72 bits per heavy atom. The van der Waals surface area contributed by atoms with Gasteiger partial charge in [-0.2, -0.15) is 15.0 Å². The molecule has 7 nitrogen and oxygen atoms in total. The molecule has 1 aromatic rings. The summed E-state index contributed by atoms with van der Waals surface area (Å²) in [5.41, 5.74) is 0. The highest BCUT2D eigenvalue weighted by Crippen LogP contribution is 2.10. The molecule has 0 aliphatic rings. The topological polar surface area (TPSA) is 81.2 Å². The Morgan fingerprint density at radius 3 is 2.33 bits per heavy atom. The molecule has 0 saturated heterocycles. The fourth-order valence-corrected chi connectivity index (χ4v) is 1.34. The maximum Gasteiger partial charge on any atom is 0.322 e. The Kier molecular flexibility index (Phi) is 6.78. The standard InChI is InChI=1S/C11H21N5O2/c1-4-12-9-14-10(16-11(15-9)18-3)13-7-5-6-8-17-2/h4-8H2,1-3H3,(H2,12,13,14,15,16). The minimum absolute atomic E-state index is 0.306. The van der Waals surface area contributed by atoms with Gasteiger partial charge in [-0.1, -0.05) is 0 Å².